The molecule has 0 spiro atoms. The maximum absolute atomic E-state index is 10.8. The molecular formula is C19H20N6O2S. The second-order valence-electron chi connectivity index (χ2n) is 6.13. The van der Waals surface area contributed by atoms with Crippen LogP contribution in [0, 0.1) is 10.1 Å². The van der Waals surface area contributed by atoms with Crippen molar-refractivity contribution in [2.45, 2.75) is 4.90 Å². The van der Waals surface area contributed by atoms with E-state index in [1.165, 1.54) is 12.1 Å². The molecule has 8 nitrogen and oxygen atoms in total. The van der Waals surface area contributed by atoms with E-state index in [0.717, 1.165) is 16.3 Å². The summed E-state index contributed by atoms with van der Waals surface area (Å²) in [4.78, 5) is 22.2. The van der Waals surface area contributed by atoms with E-state index in [1.54, 1.807) is 36.3 Å². The van der Waals surface area contributed by atoms with Gasteiger partial charge in [0.25, 0.3) is 5.69 Å². The summed E-state index contributed by atoms with van der Waals surface area (Å²) in [5.74, 6) is 1.14. The van der Waals surface area contributed by atoms with Crippen LogP contribution in [0.3, 0.4) is 0 Å². The zero-order chi connectivity index (χ0) is 20.1. The van der Waals surface area contributed by atoms with E-state index in [4.69, 9.17) is 0 Å². The number of hydrogen-bond donors (Lipinski definition) is 1. The molecule has 9 heteroatoms. The molecule has 1 heterocycles. The van der Waals surface area contributed by atoms with E-state index in [-0.39, 0.29) is 5.69 Å². The summed E-state index contributed by atoms with van der Waals surface area (Å²) in [5.41, 5.74) is 1.74. The molecule has 0 saturated carbocycles. The van der Waals surface area contributed by atoms with Crippen molar-refractivity contribution in [1.82, 2.24) is 14.3 Å². The quantitative estimate of drug-likeness (QED) is 0.356. The number of benzene rings is 2. The average Bonchev–Trinajstić information content (AvgIpc) is 2.67. The van der Waals surface area contributed by atoms with E-state index in [0.29, 0.717) is 11.8 Å². The molecule has 0 aliphatic rings. The minimum Gasteiger partial charge on any atom is -0.329 e. The van der Waals surface area contributed by atoms with Crippen molar-refractivity contribution in [3.05, 3.63) is 70.9 Å². The summed E-state index contributed by atoms with van der Waals surface area (Å²) in [6.45, 7) is 0. The van der Waals surface area contributed by atoms with E-state index in [9.17, 15) is 10.1 Å². The number of nitro groups is 1. The van der Waals surface area contributed by atoms with Crippen molar-refractivity contribution in [1.29, 1.82) is 0 Å². The van der Waals surface area contributed by atoms with Crippen LogP contribution in [-0.4, -0.2) is 40.3 Å². The molecule has 0 unspecified atom stereocenters. The lowest BCUT2D eigenvalue weighted by atomic mass is 10.2. The van der Waals surface area contributed by atoms with E-state index < -0.39 is 4.92 Å². The Kier molecular flexibility index (Phi) is 6.07. The van der Waals surface area contributed by atoms with Gasteiger partial charge in [-0.25, -0.2) is 4.98 Å². The molecule has 3 aromatic rings. The second-order valence-corrected chi connectivity index (χ2v) is 7.51. The van der Waals surface area contributed by atoms with Gasteiger partial charge in [0, 0.05) is 41.6 Å². The number of rotatable bonds is 7. The van der Waals surface area contributed by atoms with Crippen LogP contribution in [-0.2, 0) is 0 Å². The zero-order valence-electron chi connectivity index (χ0n) is 15.7. The van der Waals surface area contributed by atoms with Gasteiger partial charge in [-0.05, 0) is 62.4 Å². The number of nitrogens with zero attached hydrogens (tertiary/aromatic N) is 5. The van der Waals surface area contributed by atoms with Gasteiger partial charge < -0.3 is 10.2 Å². The normalized spacial score (nSPS) is 10.7. The minimum atomic E-state index is -0.417. The molecule has 0 bridgehead atoms. The largest absolute Gasteiger partial charge is 0.329 e. The predicted molar refractivity (Wildman–Crippen MR) is 112 cm³/mol. The number of non-ortho nitro benzene ring substituents is 1. The Morgan fingerprint density at radius 2 is 1.82 bits per heavy atom. The monoisotopic (exact) mass is 396 g/mol. The number of nitro benzene ring substituents is 1. The Morgan fingerprint density at radius 1 is 1.07 bits per heavy atom. The molecule has 0 amide bonds. The summed E-state index contributed by atoms with van der Waals surface area (Å²) in [7, 11) is 5.83. The van der Waals surface area contributed by atoms with Crippen molar-refractivity contribution in [2.24, 2.45) is 0 Å². The van der Waals surface area contributed by atoms with Crippen LogP contribution in [0.25, 0.3) is 0 Å². The van der Waals surface area contributed by atoms with E-state index in [2.05, 4.69) is 15.3 Å². The molecule has 1 aromatic heterocycles. The Morgan fingerprint density at radius 3 is 2.50 bits per heavy atom. The standard InChI is InChI=1S/C19H20N6O2S/c1-23(2)28-17-6-4-5-14(13-17)21-19-20-12-11-18(22-19)24(3)15-7-9-16(10-8-15)25(26)27/h4-13H,1-3H3,(H,20,21,22). The topological polar surface area (TPSA) is 87.4 Å². The highest BCUT2D eigenvalue weighted by Gasteiger charge is 2.10. The van der Waals surface area contributed by atoms with Gasteiger partial charge in [0.15, 0.2) is 0 Å². The first-order valence-electron chi connectivity index (χ1n) is 8.46. The molecule has 144 valence electrons. The fraction of sp³-hybridized carbons (Fsp3) is 0.158. The number of nitrogens with one attached hydrogen (secondary N) is 1. The lowest BCUT2D eigenvalue weighted by molar-refractivity contribution is -0.384. The van der Waals surface area contributed by atoms with Crippen LogP contribution in [0.4, 0.5) is 28.8 Å². The van der Waals surface area contributed by atoms with Crippen molar-refractivity contribution in [3.63, 3.8) is 0 Å². The smallest absolute Gasteiger partial charge is 0.269 e. The fourth-order valence-electron chi connectivity index (χ4n) is 2.50. The summed E-state index contributed by atoms with van der Waals surface area (Å²) >= 11 is 1.63. The Balaban J connectivity index is 1.77. The fourth-order valence-corrected chi connectivity index (χ4v) is 3.24. The highest BCUT2D eigenvalue weighted by atomic mass is 32.2. The predicted octanol–water partition coefficient (Wildman–Crippen LogP) is 4.47. The lowest BCUT2D eigenvalue weighted by Crippen LogP contribution is -2.12. The molecule has 0 fully saturated rings. The number of aromatic nitrogens is 2. The van der Waals surface area contributed by atoms with Crippen molar-refractivity contribution < 1.29 is 4.92 Å². The lowest BCUT2D eigenvalue weighted by Gasteiger charge is -2.18. The Bertz CT molecular complexity index is 965. The zero-order valence-corrected chi connectivity index (χ0v) is 16.6. The molecule has 0 aliphatic heterocycles. The van der Waals surface area contributed by atoms with Gasteiger partial charge in [0.2, 0.25) is 5.95 Å². The first-order valence-corrected chi connectivity index (χ1v) is 9.23. The first kappa shape index (κ1) is 19.6. The third kappa shape index (κ3) is 4.96. The number of anilines is 4. The highest BCUT2D eigenvalue weighted by Crippen LogP contribution is 2.26. The summed E-state index contributed by atoms with van der Waals surface area (Å²) in [6.07, 6.45) is 1.67. The van der Waals surface area contributed by atoms with Gasteiger partial charge in [-0.3, -0.25) is 14.4 Å². The van der Waals surface area contributed by atoms with Gasteiger partial charge >= 0.3 is 0 Å². The molecule has 0 aliphatic carbocycles. The van der Waals surface area contributed by atoms with Gasteiger partial charge in [-0.2, -0.15) is 4.98 Å². The van der Waals surface area contributed by atoms with Crippen LogP contribution in [0.5, 0.6) is 0 Å². The Hall–Kier alpha value is -3.17. The maximum Gasteiger partial charge on any atom is 0.269 e. The van der Waals surface area contributed by atoms with Gasteiger partial charge in [-0.15, -0.1) is 0 Å². The maximum atomic E-state index is 10.8. The van der Waals surface area contributed by atoms with Gasteiger partial charge in [0.1, 0.15) is 5.82 Å². The third-order valence-corrected chi connectivity index (χ3v) is 4.64. The van der Waals surface area contributed by atoms with Crippen LogP contribution in [0.15, 0.2) is 65.7 Å². The van der Waals surface area contributed by atoms with Crippen LogP contribution >= 0.6 is 11.9 Å². The summed E-state index contributed by atoms with van der Waals surface area (Å²) in [6, 6.07) is 16.1. The SMILES string of the molecule is CN(C)Sc1cccc(Nc2nccc(N(C)c3ccc([N+](=O)[O-])cc3)n2)c1. The molecule has 0 saturated heterocycles. The van der Waals surface area contributed by atoms with Gasteiger partial charge in [-0.1, -0.05) is 6.07 Å². The summed E-state index contributed by atoms with van der Waals surface area (Å²) < 4.78 is 2.02. The molecule has 28 heavy (non-hydrogen) atoms. The van der Waals surface area contributed by atoms with Crippen molar-refractivity contribution >= 4 is 40.8 Å². The van der Waals surface area contributed by atoms with Crippen LogP contribution in [0.1, 0.15) is 0 Å². The highest BCUT2D eigenvalue weighted by molar-refractivity contribution is 7.97. The molecule has 1 N–H and O–H groups in total. The number of hydrogen-bond acceptors (Lipinski definition) is 8. The van der Waals surface area contributed by atoms with Crippen LogP contribution in [0.2, 0.25) is 0 Å². The molecular weight excluding hydrogens is 376 g/mol. The second kappa shape index (κ2) is 8.68. The first-order chi connectivity index (χ1) is 13.4. The van der Waals surface area contributed by atoms with Crippen molar-refractivity contribution in [3.8, 4) is 0 Å². The molecule has 3 rings (SSSR count). The van der Waals surface area contributed by atoms with Crippen LogP contribution < -0.4 is 10.2 Å². The molecule has 0 radical (unpaired) electrons. The molecule has 2 aromatic carbocycles. The van der Waals surface area contributed by atoms with Crippen molar-refractivity contribution in [2.75, 3.05) is 31.4 Å². The molecule has 0 atom stereocenters. The van der Waals surface area contributed by atoms with Gasteiger partial charge in [0.05, 0.1) is 4.92 Å². The average molecular weight is 396 g/mol. The minimum absolute atomic E-state index is 0.0534. The van der Waals surface area contributed by atoms with E-state index >= 15 is 0 Å². The summed E-state index contributed by atoms with van der Waals surface area (Å²) in [5, 5.41) is 14.0. The Labute approximate surface area is 167 Å². The van der Waals surface area contributed by atoms with E-state index in [1.807, 2.05) is 54.6 Å². The third-order valence-electron chi connectivity index (χ3n) is 3.81.